The highest BCUT2D eigenvalue weighted by molar-refractivity contribution is 7.80. The summed E-state index contributed by atoms with van der Waals surface area (Å²) in [5.41, 5.74) is 0. The van der Waals surface area contributed by atoms with Gasteiger partial charge in [-0.1, -0.05) is 0 Å². The van der Waals surface area contributed by atoms with Gasteiger partial charge in [0.1, 0.15) is 12.2 Å². The van der Waals surface area contributed by atoms with E-state index in [1.54, 1.807) is 0 Å². The summed E-state index contributed by atoms with van der Waals surface area (Å²) in [6, 6.07) is 0. The van der Waals surface area contributed by atoms with Crippen molar-refractivity contribution in [3.05, 3.63) is 0 Å². The molecule has 4 unspecified atom stereocenters. The first-order valence-electron chi connectivity index (χ1n) is 6.68. The molecule has 6 N–H and O–H groups in total. The lowest BCUT2D eigenvalue weighted by molar-refractivity contribution is -0.0769. The Morgan fingerprint density at radius 1 is 1.23 bits per heavy atom. The average molecular weight is 345 g/mol. The molecule has 7 atom stereocenters. The number of hydrogen-bond donors (Lipinski definition) is 6. The molecule has 1 saturated carbocycles. The van der Waals surface area contributed by atoms with Gasteiger partial charge in [0.15, 0.2) is 0 Å². The van der Waals surface area contributed by atoms with Crippen molar-refractivity contribution in [3.8, 4) is 0 Å². The summed E-state index contributed by atoms with van der Waals surface area (Å²) in [5, 5.41) is 56.9. The average Bonchev–Trinajstić information content (AvgIpc) is 2.68. The number of aliphatic hydroxyl groups is 6. The van der Waals surface area contributed by atoms with Crippen LogP contribution in [0.4, 0.5) is 0 Å². The van der Waals surface area contributed by atoms with Crippen molar-refractivity contribution < 1.29 is 47.8 Å². The predicted molar refractivity (Wildman–Crippen MR) is 69.0 cm³/mol. The first-order chi connectivity index (χ1) is 10.1. The smallest absolute Gasteiger partial charge is 0.218 e. The second-order valence-electron chi connectivity index (χ2n) is 5.42. The van der Waals surface area contributed by atoms with E-state index in [2.05, 4.69) is 4.18 Å². The van der Waals surface area contributed by atoms with Crippen LogP contribution in [0.15, 0.2) is 0 Å². The Bertz CT molecular complexity index is 440. The first-order valence-corrected chi connectivity index (χ1v) is 8.02. The Morgan fingerprint density at radius 3 is 2.27 bits per heavy atom. The van der Waals surface area contributed by atoms with Crippen molar-refractivity contribution in [1.82, 2.24) is 0 Å². The molecule has 1 fully saturated rings. The standard InChI is InChI=1S/C11H22O10S/c12-3-6-5(1-7(14)10(6)16)2-8(15)11(17)9(4-13)21-22(18,19)20/h5-17H,1-4H2,(H,18,19,20)/p-1/t5?,6-,7+,8?,9?,10+,11?/m0/s1. The maximum absolute atomic E-state index is 10.5. The van der Waals surface area contributed by atoms with Gasteiger partial charge in [0.25, 0.3) is 0 Å². The van der Waals surface area contributed by atoms with E-state index < -0.39 is 66.0 Å². The summed E-state index contributed by atoms with van der Waals surface area (Å²) in [4.78, 5) is 0. The zero-order valence-corrected chi connectivity index (χ0v) is 12.4. The van der Waals surface area contributed by atoms with Crippen LogP contribution >= 0.6 is 0 Å². The van der Waals surface area contributed by atoms with E-state index in [0.29, 0.717) is 0 Å². The maximum atomic E-state index is 10.5. The number of rotatable bonds is 8. The molecule has 10 nitrogen and oxygen atoms in total. The van der Waals surface area contributed by atoms with Crippen LogP contribution in [0.1, 0.15) is 12.8 Å². The molecule has 11 heteroatoms. The molecule has 0 aromatic carbocycles. The lowest BCUT2D eigenvalue weighted by Gasteiger charge is -2.29. The fraction of sp³-hybridized carbons (Fsp3) is 1.00. The summed E-state index contributed by atoms with van der Waals surface area (Å²) in [6.07, 6.45) is -7.68. The molecule has 0 radical (unpaired) electrons. The van der Waals surface area contributed by atoms with E-state index in [1.807, 2.05) is 0 Å². The van der Waals surface area contributed by atoms with Crippen molar-refractivity contribution in [1.29, 1.82) is 0 Å². The third-order valence-electron chi connectivity index (χ3n) is 3.93. The van der Waals surface area contributed by atoms with Gasteiger partial charge in [-0.25, -0.2) is 8.42 Å². The Kier molecular flexibility index (Phi) is 7.11. The predicted octanol–water partition coefficient (Wildman–Crippen LogP) is -3.71. The zero-order valence-electron chi connectivity index (χ0n) is 11.6. The Morgan fingerprint density at radius 2 is 1.82 bits per heavy atom. The van der Waals surface area contributed by atoms with Gasteiger partial charge in [0.2, 0.25) is 10.4 Å². The van der Waals surface area contributed by atoms with Crippen molar-refractivity contribution in [3.63, 3.8) is 0 Å². The van der Waals surface area contributed by atoms with Crippen molar-refractivity contribution in [2.75, 3.05) is 13.2 Å². The third kappa shape index (κ3) is 5.08. The Balaban J connectivity index is 2.68. The molecule has 0 heterocycles. The summed E-state index contributed by atoms with van der Waals surface area (Å²) in [7, 11) is -5.18. The normalized spacial score (nSPS) is 33.6. The highest BCUT2D eigenvalue weighted by Gasteiger charge is 2.43. The fourth-order valence-electron chi connectivity index (χ4n) is 2.76. The van der Waals surface area contributed by atoms with Gasteiger partial charge in [-0.05, 0) is 18.8 Å². The summed E-state index contributed by atoms with van der Waals surface area (Å²) < 4.78 is 35.4. The monoisotopic (exact) mass is 345 g/mol. The minimum atomic E-state index is -5.18. The van der Waals surface area contributed by atoms with E-state index in [4.69, 9.17) is 5.11 Å². The van der Waals surface area contributed by atoms with Crippen molar-refractivity contribution in [2.45, 2.75) is 43.4 Å². The number of hydrogen-bond acceptors (Lipinski definition) is 10. The lowest BCUT2D eigenvalue weighted by Crippen LogP contribution is -2.43. The van der Waals surface area contributed by atoms with Gasteiger partial charge in [-0.15, -0.1) is 0 Å². The van der Waals surface area contributed by atoms with Crippen molar-refractivity contribution >= 4 is 10.4 Å². The second-order valence-corrected chi connectivity index (χ2v) is 6.43. The molecule has 0 spiro atoms. The Hall–Kier alpha value is -0.370. The van der Waals surface area contributed by atoms with Crippen LogP contribution in [0.5, 0.6) is 0 Å². The molecule has 1 aliphatic carbocycles. The molecule has 0 aliphatic heterocycles. The van der Waals surface area contributed by atoms with E-state index >= 15 is 0 Å². The van der Waals surface area contributed by atoms with Crippen LogP contribution in [0.3, 0.4) is 0 Å². The van der Waals surface area contributed by atoms with E-state index in [9.17, 15) is 38.5 Å². The third-order valence-corrected chi connectivity index (χ3v) is 4.42. The van der Waals surface area contributed by atoms with Gasteiger partial charge in [-0.3, -0.25) is 4.18 Å². The van der Waals surface area contributed by atoms with Crippen molar-refractivity contribution in [2.24, 2.45) is 11.8 Å². The largest absolute Gasteiger partial charge is 0.726 e. The SMILES string of the molecule is O=S(=O)([O-])OC(CO)C(O)C(O)CC1C[C@@H](O)[C@H](O)[C@H]1CO. The molecule has 22 heavy (non-hydrogen) atoms. The maximum Gasteiger partial charge on any atom is 0.218 e. The van der Waals surface area contributed by atoms with E-state index in [-0.39, 0.29) is 12.8 Å². The molecule has 132 valence electrons. The summed E-state index contributed by atoms with van der Waals surface area (Å²) >= 11 is 0. The molecule has 0 aromatic rings. The molecule has 1 rings (SSSR count). The molecule has 1 aliphatic rings. The van der Waals surface area contributed by atoms with Crippen LogP contribution in [0, 0.1) is 11.8 Å². The van der Waals surface area contributed by atoms with E-state index in [1.165, 1.54) is 0 Å². The number of aliphatic hydroxyl groups excluding tert-OH is 6. The van der Waals surface area contributed by atoms with Gasteiger partial charge in [-0.2, -0.15) is 0 Å². The van der Waals surface area contributed by atoms with Crippen LogP contribution in [-0.4, -0.2) is 87.3 Å². The zero-order chi connectivity index (χ0) is 17.1. The molecular formula is C11H21O10S-. The van der Waals surface area contributed by atoms with Gasteiger partial charge < -0.3 is 35.2 Å². The molecule has 0 amide bonds. The van der Waals surface area contributed by atoms with E-state index in [0.717, 1.165) is 0 Å². The van der Waals surface area contributed by atoms with Crippen LogP contribution in [-0.2, 0) is 14.6 Å². The van der Waals surface area contributed by atoms with Gasteiger partial charge in [0.05, 0.1) is 24.9 Å². The molecule has 0 aromatic heterocycles. The molecule has 0 saturated heterocycles. The highest BCUT2D eigenvalue weighted by Crippen LogP contribution is 2.36. The Labute approximate surface area is 127 Å². The quantitative estimate of drug-likeness (QED) is 0.188. The topological polar surface area (TPSA) is 188 Å². The minimum Gasteiger partial charge on any atom is -0.726 e. The summed E-state index contributed by atoms with van der Waals surface area (Å²) in [5.74, 6) is -1.25. The lowest BCUT2D eigenvalue weighted by atomic mass is 9.88. The highest BCUT2D eigenvalue weighted by atomic mass is 32.3. The summed E-state index contributed by atoms with van der Waals surface area (Å²) in [6.45, 7) is -1.46. The van der Waals surface area contributed by atoms with Crippen LogP contribution in [0.25, 0.3) is 0 Å². The van der Waals surface area contributed by atoms with Crippen LogP contribution in [0.2, 0.25) is 0 Å². The van der Waals surface area contributed by atoms with Crippen LogP contribution < -0.4 is 0 Å². The van der Waals surface area contributed by atoms with Gasteiger partial charge in [0, 0.05) is 12.5 Å². The second kappa shape index (κ2) is 7.95. The fourth-order valence-corrected chi connectivity index (χ4v) is 3.24. The molecular weight excluding hydrogens is 324 g/mol. The molecule has 0 bridgehead atoms. The van der Waals surface area contributed by atoms with Gasteiger partial charge >= 0.3 is 0 Å². The minimum absolute atomic E-state index is 0.0701. The first kappa shape index (κ1) is 19.7.